The molecular weight excluding hydrogens is 310 g/mol. The lowest BCUT2D eigenvalue weighted by molar-refractivity contribution is 0.209. The third kappa shape index (κ3) is 3.45. The molecule has 4 nitrogen and oxygen atoms in total. The molecule has 1 aliphatic carbocycles. The summed E-state index contributed by atoms with van der Waals surface area (Å²) in [6.07, 6.45) is 7.38. The highest BCUT2D eigenvalue weighted by atomic mass is 16.2. The quantitative estimate of drug-likeness (QED) is 0.915. The molecule has 4 heteroatoms. The van der Waals surface area contributed by atoms with Crippen LogP contribution in [0.3, 0.4) is 0 Å². The summed E-state index contributed by atoms with van der Waals surface area (Å²) in [7, 11) is 1.72. The Morgan fingerprint density at radius 2 is 1.92 bits per heavy atom. The zero-order chi connectivity index (χ0) is 17.2. The van der Waals surface area contributed by atoms with Crippen molar-refractivity contribution in [2.75, 3.05) is 39.8 Å². The molecule has 0 saturated carbocycles. The van der Waals surface area contributed by atoms with Crippen LogP contribution < -0.4 is 5.32 Å². The first kappa shape index (κ1) is 16.6. The smallest absolute Gasteiger partial charge is 0.317 e. The van der Waals surface area contributed by atoms with Gasteiger partial charge in [0.25, 0.3) is 0 Å². The Kier molecular flexibility index (Phi) is 4.80. The maximum atomic E-state index is 11.9. The first-order chi connectivity index (χ1) is 12.2. The third-order valence-corrected chi connectivity index (χ3v) is 6.18. The van der Waals surface area contributed by atoms with Crippen molar-refractivity contribution in [3.63, 3.8) is 0 Å². The van der Waals surface area contributed by atoms with E-state index >= 15 is 0 Å². The lowest BCUT2D eigenvalue weighted by Gasteiger charge is -2.17. The number of fused-ring (bicyclic) bond motifs is 1. The van der Waals surface area contributed by atoms with Crippen molar-refractivity contribution in [2.24, 2.45) is 11.8 Å². The molecular formula is C21H29N3O. The highest BCUT2D eigenvalue weighted by Crippen LogP contribution is 2.42. The molecule has 0 aromatic heterocycles. The Morgan fingerprint density at radius 3 is 2.64 bits per heavy atom. The van der Waals surface area contributed by atoms with Gasteiger partial charge in [0.15, 0.2) is 0 Å². The highest BCUT2D eigenvalue weighted by Gasteiger charge is 2.39. The molecule has 1 aromatic carbocycles. The van der Waals surface area contributed by atoms with Crippen LogP contribution in [0.2, 0.25) is 0 Å². The summed E-state index contributed by atoms with van der Waals surface area (Å²) < 4.78 is 0. The van der Waals surface area contributed by atoms with Crippen molar-refractivity contribution in [3.05, 3.63) is 41.5 Å². The molecule has 0 bridgehead atoms. The molecule has 134 valence electrons. The van der Waals surface area contributed by atoms with Gasteiger partial charge in [0, 0.05) is 32.6 Å². The van der Waals surface area contributed by atoms with Crippen LogP contribution in [0.15, 0.2) is 30.3 Å². The van der Waals surface area contributed by atoms with Gasteiger partial charge in [-0.1, -0.05) is 30.3 Å². The highest BCUT2D eigenvalue weighted by molar-refractivity contribution is 5.76. The van der Waals surface area contributed by atoms with Crippen LogP contribution in [0, 0.1) is 11.8 Å². The maximum absolute atomic E-state index is 11.9. The summed E-state index contributed by atoms with van der Waals surface area (Å²) in [5, 5.41) is 2.76. The lowest BCUT2D eigenvalue weighted by atomic mass is 9.90. The van der Waals surface area contributed by atoms with Gasteiger partial charge in [-0.3, -0.25) is 0 Å². The van der Waals surface area contributed by atoms with Gasteiger partial charge < -0.3 is 15.1 Å². The van der Waals surface area contributed by atoms with Gasteiger partial charge in [-0.2, -0.15) is 0 Å². The van der Waals surface area contributed by atoms with Gasteiger partial charge in [-0.25, -0.2) is 4.79 Å². The fourth-order valence-electron chi connectivity index (χ4n) is 4.71. The number of hydrogen-bond acceptors (Lipinski definition) is 2. The minimum atomic E-state index is 0.0611. The molecule has 0 spiro atoms. The van der Waals surface area contributed by atoms with E-state index in [1.54, 1.807) is 7.05 Å². The number of benzene rings is 1. The number of likely N-dealkylation sites (tertiary alicyclic amines) is 2. The minimum absolute atomic E-state index is 0.0611. The number of urea groups is 1. The first-order valence-corrected chi connectivity index (χ1v) is 9.73. The van der Waals surface area contributed by atoms with Crippen molar-refractivity contribution in [1.29, 1.82) is 0 Å². The van der Waals surface area contributed by atoms with Gasteiger partial charge in [0.2, 0.25) is 0 Å². The molecule has 2 aliphatic heterocycles. The topological polar surface area (TPSA) is 35.6 Å². The van der Waals surface area contributed by atoms with E-state index in [2.05, 4.69) is 40.6 Å². The molecule has 4 rings (SSSR count). The van der Waals surface area contributed by atoms with Crippen LogP contribution in [0.1, 0.15) is 30.4 Å². The van der Waals surface area contributed by atoms with Gasteiger partial charge in [-0.05, 0) is 61.4 Å². The largest absolute Gasteiger partial charge is 0.341 e. The second kappa shape index (κ2) is 7.20. The van der Waals surface area contributed by atoms with E-state index in [1.807, 2.05) is 4.90 Å². The molecule has 25 heavy (non-hydrogen) atoms. The summed E-state index contributed by atoms with van der Waals surface area (Å²) in [4.78, 5) is 16.4. The zero-order valence-corrected chi connectivity index (χ0v) is 15.2. The molecule has 1 aromatic rings. The minimum Gasteiger partial charge on any atom is -0.341 e. The molecule has 2 amide bonds. The van der Waals surface area contributed by atoms with Crippen molar-refractivity contribution in [1.82, 2.24) is 15.1 Å². The summed E-state index contributed by atoms with van der Waals surface area (Å²) in [5.41, 5.74) is 4.22. The van der Waals surface area contributed by atoms with E-state index in [0.29, 0.717) is 11.8 Å². The molecule has 0 unspecified atom stereocenters. The molecule has 2 fully saturated rings. The van der Waals surface area contributed by atoms with Crippen LogP contribution in [0.4, 0.5) is 4.79 Å². The van der Waals surface area contributed by atoms with E-state index in [-0.39, 0.29) is 6.03 Å². The standard InChI is InChI=1S/C21H29N3O/c1-22-21(25)24-14-18-8-9-19(20(18)15-24)17-6-4-16(5-7-17)10-13-23-11-2-3-12-23/h4-7,9,18,20H,2-3,8,10-15H2,1H3,(H,22,25)/t18-,20+/m1/s1. The lowest BCUT2D eigenvalue weighted by Crippen LogP contribution is -2.36. The van der Waals surface area contributed by atoms with Gasteiger partial charge in [-0.15, -0.1) is 0 Å². The van der Waals surface area contributed by atoms with Gasteiger partial charge >= 0.3 is 6.03 Å². The maximum Gasteiger partial charge on any atom is 0.317 e. The number of nitrogens with one attached hydrogen (secondary N) is 1. The van der Waals surface area contributed by atoms with E-state index in [4.69, 9.17) is 0 Å². The Hall–Kier alpha value is -1.81. The Balaban J connectivity index is 1.38. The Labute approximate surface area is 150 Å². The molecule has 2 saturated heterocycles. The molecule has 2 heterocycles. The fraction of sp³-hybridized carbons (Fsp3) is 0.571. The van der Waals surface area contributed by atoms with E-state index < -0.39 is 0 Å². The molecule has 2 atom stereocenters. The summed E-state index contributed by atoms with van der Waals surface area (Å²) in [6, 6.07) is 9.23. The fourth-order valence-corrected chi connectivity index (χ4v) is 4.71. The van der Waals surface area contributed by atoms with E-state index in [1.165, 1.54) is 49.2 Å². The Bertz CT molecular complexity index is 646. The monoisotopic (exact) mass is 339 g/mol. The van der Waals surface area contributed by atoms with Gasteiger partial charge in [0.1, 0.15) is 0 Å². The van der Waals surface area contributed by atoms with Crippen molar-refractivity contribution in [3.8, 4) is 0 Å². The third-order valence-electron chi connectivity index (χ3n) is 6.18. The normalized spacial score (nSPS) is 26.0. The molecule has 0 radical (unpaired) electrons. The number of carbonyl (C=O) groups is 1. The van der Waals surface area contributed by atoms with Crippen molar-refractivity contribution >= 4 is 11.6 Å². The van der Waals surface area contributed by atoms with Gasteiger partial charge in [0.05, 0.1) is 0 Å². The van der Waals surface area contributed by atoms with Crippen LogP contribution in [0.25, 0.3) is 5.57 Å². The van der Waals surface area contributed by atoms with Crippen LogP contribution in [-0.2, 0) is 6.42 Å². The predicted molar refractivity (Wildman–Crippen MR) is 101 cm³/mol. The number of hydrogen-bond donors (Lipinski definition) is 1. The SMILES string of the molecule is CNC(=O)N1C[C@H]2CC=C(c3ccc(CCN4CCCC4)cc3)[C@H]2C1. The Morgan fingerprint density at radius 1 is 1.16 bits per heavy atom. The predicted octanol–water partition coefficient (Wildman–Crippen LogP) is 3.00. The summed E-state index contributed by atoms with van der Waals surface area (Å²) >= 11 is 0. The number of carbonyl (C=O) groups excluding carboxylic acids is 1. The molecule has 3 aliphatic rings. The number of rotatable bonds is 4. The average Bonchev–Trinajstić information content (AvgIpc) is 3.36. The average molecular weight is 339 g/mol. The van der Waals surface area contributed by atoms with Crippen LogP contribution in [0.5, 0.6) is 0 Å². The number of amides is 2. The zero-order valence-electron chi connectivity index (χ0n) is 15.2. The first-order valence-electron chi connectivity index (χ1n) is 9.73. The number of allylic oxidation sites excluding steroid dienone is 1. The summed E-state index contributed by atoms with van der Waals surface area (Å²) in [5.74, 6) is 1.11. The van der Waals surface area contributed by atoms with E-state index in [0.717, 1.165) is 25.9 Å². The van der Waals surface area contributed by atoms with Crippen LogP contribution >= 0.6 is 0 Å². The van der Waals surface area contributed by atoms with Crippen molar-refractivity contribution in [2.45, 2.75) is 25.7 Å². The summed E-state index contributed by atoms with van der Waals surface area (Å²) in [6.45, 7) is 5.48. The van der Waals surface area contributed by atoms with Crippen LogP contribution in [-0.4, -0.2) is 55.6 Å². The second-order valence-electron chi connectivity index (χ2n) is 7.72. The molecule has 1 N–H and O–H groups in total. The number of nitrogens with zero attached hydrogens (tertiary/aromatic N) is 2. The van der Waals surface area contributed by atoms with Crippen molar-refractivity contribution < 1.29 is 4.79 Å². The van der Waals surface area contributed by atoms with E-state index in [9.17, 15) is 4.79 Å². The second-order valence-corrected chi connectivity index (χ2v) is 7.72.